The van der Waals surface area contributed by atoms with Crippen LogP contribution in [0.1, 0.15) is 5.56 Å². The fourth-order valence-electron chi connectivity index (χ4n) is 1.44. The Morgan fingerprint density at radius 1 is 1.50 bits per heavy atom. The average Bonchev–Trinajstić information content (AvgIpc) is 2.91. The molecule has 1 heterocycles. The molecular weight excluding hydrogens is 358 g/mol. The van der Waals surface area contributed by atoms with E-state index in [1.807, 2.05) is 6.07 Å². The summed E-state index contributed by atoms with van der Waals surface area (Å²) in [4.78, 5) is 0. The van der Waals surface area contributed by atoms with Gasteiger partial charge in [0, 0.05) is 12.3 Å². The zero-order chi connectivity index (χ0) is 14.4. The Kier molecular flexibility index (Phi) is 5.87. The molecule has 7 heteroatoms. The van der Waals surface area contributed by atoms with Gasteiger partial charge in [0.15, 0.2) is 4.34 Å². The minimum Gasteiger partial charge on any atom is -0.496 e. The lowest BCUT2D eigenvalue weighted by atomic mass is 10.2. The van der Waals surface area contributed by atoms with E-state index in [2.05, 4.69) is 50.2 Å². The van der Waals surface area contributed by atoms with Crippen molar-refractivity contribution in [1.29, 1.82) is 0 Å². The van der Waals surface area contributed by atoms with Crippen LogP contribution >= 0.6 is 39.0 Å². The van der Waals surface area contributed by atoms with Crippen LogP contribution in [0, 0.1) is 0 Å². The van der Waals surface area contributed by atoms with Gasteiger partial charge in [-0.15, -0.1) is 16.8 Å². The van der Waals surface area contributed by atoms with E-state index in [0.717, 1.165) is 25.4 Å². The summed E-state index contributed by atoms with van der Waals surface area (Å²) in [6, 6.07) is 6.06. The maximum absolute atomic E-state index is 5.21. The lowest BCUT2D eigenvalue weighted by Crippen LogP contribution is -1.96. The van der Waals surface area contributed by atoms with Gasteiger partial charge in [0.25, 0.3) is 0 Å². The number of benzene rings is 1. The minimum atomic E-state index is 0.699. The number of thioether (sulfide) groups is 1. The maximum Gasteiger partial charge on any atom is 0.206 e. The summed E-state index contributed by atoms with van der Waals surface area (Å²) in [5, 5.41) is 12.2. The van der Waals surface area contributed by atoms with Crippen LogP contribution in [0.5, 0.6) is 5.75 Å². The van der Waals surface area contributed by atoms with E-state index in [4.69, 9.17) is 4.74 Å². The van der Waals surface area contributed by atoms with Crippen LogP contribution in [0.15, 0.2) is 39.7 Å². The molecule has 1 aromatic heterocycles. The van der Waals surface area contributed by atoms with E-state index in [1.54, 1.807) is 36.3 Å². The first-order valence-electron chi connectivity index (χ1n) is 5.86. The highest BCUT2D eigenvalue weighted by atomic mass is 79.9. The summed E-state index contributed by atoms with van der Waals surface area (Å²) < 4.78 is 7.12. The van der Waals surface area contributed by atoms with Gasteiger partial charge in [0.2, 0.25) is 5.13 Å². The molecule has 1 aromatic carbocycles. The average molecular weight is 372 g/mol. The summed E-state index contributed by atoms with van der Waals surface area (Å²) >= 11 is 6.70. The molecule has 0 amide bonds. The summed E-state index contributed by atoms with van der Waals surface area (Å²) in [7, 11) is 1.66. The van der Waals surface area contributed by atoms with Gasteiger partial charge in [0.1, 0.15) is 5.75 Å². The van der Waals surface area contributed by atoms with Crippen molar-refractivity contribution < 1.29 is 4.74 Å². The number of nitrogens with zero attached hydrogens (tertiary/aromatic N) is 2. The molecule has 2 aromatic rings. The van der Waals surface area contributed by atoms with Crippen LogP contribution in [0.2, 0.25) is 0 Å². The fraction of sp³-hybridized carbons (Fsp3) is 0.231. The van der Waals surface area contributed by atoms with Crippen molar-refractivity contribution in [1.82, 2.24) is 10.2 Å². The molecule has 0 saturated carbocycles. The minimum absolute atomic E-state index is 0.699. The second kappa shape index (κ2) is 7.66. The molecule has 106 valence electrons. The SMILES string of the molecule is C=CCNc1nnc(SCc2ccc(OC)c(Br)c2)s1. The van der Waals surface area contributed by atoms with Crippen LogP contribution in [0.25, 0.3) is 0 Å². The monoisotopic (exact) mass is 371 g/mol. The van der Waals surface area contributed by atoms with Gasteiger partial charge in [-0.25, -0.2) is 0 Å². The Morgan fingerprint density at radius 3 is 3.05 bits per heavy atom. The van der Waals surface area contributed by atoms with Crippen molar-refractivity contribution in [2.45, 2.75) is 10.1 Å². The first-order valence-corrected chi connectivity index (χ1v) is 8.46. The highest BCUT2D eigenvalue weighted by Gasteiger charge is 2.06. The van der Waals surface area contributed by atoms with E-state index < -0.39 is 0 Å². The number of rotatable bonds is 7. The van der Waals surface area contributed by atoms with Crippen LogP contribution in [0.4, 0.5) is 5.13 Å². The molecule has 0 aliphatic carbocycles. The van der Waals surface area contributed by atoms with Crippen molar-refractivity contribution >= 4 is 44.2 Å². The molecule has 0 spiro atoms. The topological polar surface area (TPSA) is 47.0 Å². The molecule has 2 rings (SSSR count). The third-order valence-corrected chi connectivity index (χ3v) is 5.09. The number of hydrogen-bond acceptors (Lipinski definition) is 6. The van der Waals surface area contributed by atoms with Gasteiger partial charge in [-0.05, 0) is 33.6 Å². The number of methoxy groups -OCH3 is 1. The van der Waals surface area contributed by atoms with E-state index in [9.17, 15) is 0 Å². The molecule has 0 saturated heterocycles. The lowest BCUT2D eigenvalue weighted by Gasteiger charge is -2.05. The Bertz CT molecular complexity index is 589. The van der Waals surface area contributed by atoms with Crippen molar-refractivity contribution in [2.75, 3.05) is 19.0 Å². The van der Waals surface area contributed by atoms with Gasteiger partial charge in [0.05, 0.1) is 11.6 Å². The van der Waals surface area contributed by atoms with Crippen LogP contribution in [-0.4, -0.2) is 23.9 Å². The van der Waals surface area contributed by atoms with E-state index >= 15 is 0 Å². The number of aromatic nitrogens is 2. The predicted molar refractivity (Wildman–Crippen MR) is 88.9 cm³/mol. The Morgan fingerprint density at radius 2 is 2.35 bits per heavy atom. The number of anilines is 1. The highest BCUT2D eigenvalue weighted by Crippen LogP contribution is 2.31. The third kappa shape index (κ3) is 4.22. The molecule has 1 N–H and O–H groups in total. The molecule has 0 unspecified atom stereocenters. The highest BCUT2D eigenvalue weighted by molar-refractivity contribution is 9.10. The van der Waals surface area contributed by atoms with Crippen molar-refractivity contribution in [3.05, 3.63) is 40.9 Å². The van der Waals surface area contributed by atoms with Crippen LogP contribution in [-0.2, 0) is 5.75 Å². The zero-order valence-corrected chi connectivity index (χ0v) is 14.1. The summed E-state index contributed by atoms with van der Waals surface area (Å²) in [6.45, 7) is 4.35. The standard InChI is InChI=1S/C13H14BrN3OS2/c1-3-6-15-12-16-17-13(20-12)19-8-9-4-5-11(18-2)10(14)7-9/h3-5,7H,1,6,8H2,2H3,(H,15,16). The molecular formula is C13H14BrN3OS2. The largest absolute Gasteiger partial charge is 0.496 e. The van der Waals surface area contributed by atoms with Crippen molar-refractivity contribution in [3.8, 4) is 5.75 Å². The van der Waals surface area contributed by atoms with Gasteiger partial charge < -0.3 is 10.1 Å². The number of hydrogen-bond donors (Lipinski definition) is 1. The van der Waals surface area contributed by atoms with Gasteiger partial charge in [-0.2, -0.15) is 0 Å². The first kappa shape index (κ1) is 15.3. The molecule has 0 aliphatic heterocycles. The maximum atomic E-state index is 5.21. The van der Waals surface area contributed by atoms with Crippen molar-refractivity contribution in [2.24, 2.45) is 0 Å². The second-order valence-corrected chi connectivity index (χ2v) is 6.85. The Labute approximate surface area is 134 Å². The molecule has 0 radical (unpaired) electrons. The molecule has 4 nitrogen and oxygen atoms in total. The summed E-state index contributed by atoms with van der Waals surface area (Å²) in [6.07, 6.45) is 1.79. The molecule has 0 fully saturated rings. The predicted octanol–water partition coefficient (Wildman–Crippen LogP) is 4.20. The van der Waals surface area contributed by atoms with Gasteiger partial charge in [-0.3, -0.25) is 0 Å². The Hall–Kier alpha value is -1.05. The lowest BCUT2D eigenvalue weighted by molar-refractivity contribution is 0.412. The Balaban J connectivity index is 1.93. The van der Waals surface area contributed by atoms with E-state index in [0.29, 0.717) is 6.54 Å². The summed E-state index contributed by atoms with van der Waals surface area (Å²) in [5.74, 6) is 1.68. The van der Waals surface area contributed by atoms with Crippen molar-refractivity contribution in [3.63, 3.8) is 0 Å². The fourth-order valence-corrected chi connectivity index (χ4v) is 3.73. The van der Waals surface area contributed by atoms with Crippen LogP contribution in [0.3, 0.4) is 0 Å². The number of nitrogens with one attached hydrogen (secondary N) is 1. The summed E-state index contributed by atoms with van der Waals surface area (Å²) in [5.41, 5.74) is 1.21. The molecule has 0 bridgehead atoms. The van der Waals surface area contributed by atoms with E-state index in [-0.39, 0.29) is 0 Å². The second-order valence-electron chi connectivity index (χ2n) is 3.80. The smallest absolute Gasteiger partial charge is 0.206 e. The quantitative estimate of drug-likeness (QED) is 0.583. The molecule has 20 heavy (non-hydrogen) atoms. The van der Waals surface area contributed by atoms with Crippen LogP contribution < -0.4 is 10.1 Å². The van der Waals surface area contributed by atoms with Gasteiger partial charge in [-0.1, -0.05) is 35.2 Å². The number of ether oxygens (including phenoxy) is 1. The zero-order valence-electron chi connectivity index (χ0n) is 10.9. The van der Waals surface area contributed by atoms with E-state index in [1.165, 1.54) is 5.56 Å². The first-order chi connectivity index (χ1) is 9.72. The number of halogens is 1. The third-order valence-electron chi connectivity index (χ3n) is 2.38. The molecule has 0 atom stereocenters. The van der Waals surface area contributed by atoms with Gasteiger partial charge >= 0.3 is 0 Å². The normalized spacial score (nSPS) is 10.3. The molecule has 0 aliphatic rings.